The van der Waals surface area contributed by atoms with Crippen LogP contribution in [0.4, 0.5) is 10.1 Å². The van der Waals surface area contributed by atoms with Gasteiger partial charge < -0.3 is 5.11 Å². The molecule has 106 valence electrons. The Labute approximate surface area is 120 Å². The van der Waals surface area contributed by atoms with Gasteiger partial charge >= 0.3 is 0 Å². The largest absolute Gasteiger partial charge is 0.506 e. The molecule has 1 N–H and O–H groups in total. The number of phenols is 1. The van der Waals surface area contributed by atoms with Crippen molar-refractivity contribution >= 4 is 29.1 Å². The van der Waals surface area contributed by atoms with Gasteiger partial charge in [0, 0.05) is 6.07 Å². The third-order valence-electron chi connectivity index (χ3n) is 4.10. The van der Waals surface area contributed by atoms with Crippen LogP contribution < -0.4 is 4.90 Å². The molecule has 2 unspecified atom stereocenters. The highest BCUT2D eigenvalue weighted by atomic mass is 35.5. The summed E-state index contributed by atoms with van der Waals surface area (Å²) in [5, 5.41) is 9.42. The number of rotatable bonds is 1. The van der Waals surface area contributed by atoms with Crippen LogP contribution in [-0.4, -0.2) is 16.9 Å². The molecule has 1 saturated carbocycles. The first-order valence-electron chi connectivity index (χ1n) is 6.56. The molecule has 0 bridgehead atoms. The third-order valence-corrected chi connectivity index (χ3v) is 4.40. The van der Waals surface area contributed by atoms with Crippen molar-refractivity contribution in [2.24, 2.45) is 11.8 Å². The van der Waals surface area contributed by atoms with Gasteiger partial charge in [-0.1, -0.05) is 24.4 Å². The van der Waals surface area contributed by atoms with Crippen molar-refractivity contribution in [3.63, 3.8) is 0 Å². The molecule has 6 heteroatoms. The van der Waals surface area contributed by atoms with E-state index < -0.39 is 5.82 Å². The van der Waals surface area contributed by atoms with Crippen LogP contribution in [-0.2, 0) is 9.59 Å². The summed E-state index contributed by atoms with van der Waals surface area (Å²) in [5.74, 6) is -2.59. The molecule has 2 amide bonds. The highest BCUT2D eigenvalue weighted by Gasteiger charge is 2.49. The summed E-state index contributed by atoms with van der Waals surface area (Å²) in [4.78, 5) is 25.5. The van der Waals surface area contributed by atoms with E-state index in [0.717, 1.165) is 29.9 Å². The van der Waals surface area contributed by atoms with Crippen molar-refractivity contribution in [2.75, 3.05) is 4.90 Å². The lowest BCUT2D eigenvalue weighted by Crippen LogP contribution is -2.31. The maximum Gasteiger partial charge on any atom is 0.237 e. The van der Waals surface area contributed by atoms with Gasteiger partial charge in [-0.2, -0.15) is 0 Å². The summed E-state index contributed by atoms with van der Waals surface area (Å²) < 4.78 is 14.0. The number of phenolic OH excluding ortho intramolecular Hbond substituents is 1. The summed E-state index contributed by atoms with van der Waals surface area (Å²) in [6.07, 6.45) is 3.13. The van der Waals surface area contributed by atoms with E-state index >= 15 is 0 Å². The Morgan fingerprint density at radius 3 is 2.25 bits per heavy atom. The van der Waals surface area contributed by atoms with E-state index in [9.17, 15) is 19.1 Å². The average molecular weight is 298 g/mol. The molecule has 1 aliphatic carbocycles. The normalized spacial score (nSPS) is 26.0. The molecule has 1 heterocycles. The second kappa shape index (κ2) is 4.74. The summed E-state index contributed by atoms with van der Waals surface area (Å²) in [5.41, 5.74) is -0.212. The number of aromatic hydroxyl groups is 1. The number of imide groups is 1. The number of anilines is 1. The van der Waals surface area contributed by atoms with Gasteiger partial charge in [0.05, 0.1) is 22.5 Å². The highest BCUT2D eigenvalue weighted by molar-refractivity contribution is 6.32. The molecule has 0 spiro atoms. The van der Waals surface area contributed by atoms with Crippen LogP contribution in [0.5, 0.6) is 5.75 Å². The molecule has 1 aromatic carbocycles. The fraction of sp³-hybridized carbons (Fsp3) is 0.429. The van der Waals surface area contributed by atoms with Gasteiger partial charge in [-0.25, -0.2) is 9.29 Å². The first-order chi connectivity index (χ1) is 9.50. The van der Waals surface area contributed by atoms with Gasteiger partial charge in [0.1, 0.15) is 11.6 Å². The van der Waals surface area contributed by atoms with E-state index in [1.165, 1.54) is 0 Å². The molecule has 2 aliphatic rings. The summed E-state index contributed by atoms with van der Waals surface area (Å²) in [6, 6.07) is 1.94. The van der Waals surface area contributed by atoms with Crippen LogP contribution in [0.15, 0.2) is 12.1 Å². The number of benzene rings is 1. The number of hydrogen-bond donors (Lipinski definition) is 1. The van der Waals surface area contributed by atoms with Crippen molar-refractivity contribution in [2.45, 2.75) is 25.7 Å². The standard InChI is InChI=1S/C14H13ClFNO3/c15-9-5-10(16)11(6-12(9)18)17-13(19)7-3-1-2-4-8(7)14(17)20/h5-8,18H,1-4H2. The minimum absolute atomic E-state index is 0.150. The highest BCUT2D eigenvalue weighted by Crippen LogP contribution is 2.42. The topological polar surface area (TPSA) is 57.6 Å². The Hall–Kier alpha value is -1.62. The van der Waals surface area contributed by atoms with Gasteiger partial charge in [-0.3, -0.25) is 9.59 Å². The van der Waals surface area contributed by atoms with Gasteiger partial charge in [-0.15, -0.1) is 0 Å². The third kappa shape index (κ3) is 1.88. The fourth-order valence-electron chi connectivity index (χ4n) is 3.10. The molecule has 1 aromatic rings. The minimum Gasteiger partial charge on any atom is -0.506 e. The predicted molar refractivity (Wildman–Crippen MR) is 71.0 cm³/mol. The lowest BCUT2D eigenvalue weighted by atomic mass is 9.81. The first-order valence-corrected chi connectivity index (χ1v) is 6.94. The predicted octanol–water partition coefficient (Wildman–Crippen LogP) is 2.86. The Morgan fingerprint density at radius 2 is 1.70 bits per heavy atom. The second-order valence-electron chi connectivity index (χ2n) is 5.26. The minimum atomic E-state index is -0.784. The molecule has 3 rings (SSSR count). The van der Waals surface area contributed by atoms with Crippen molar-refractivity contribution in [1.82, 2.24) is 0 Å². The maximum atomic E-state index is 14.0. The molecule has 1 aliphatic heterocycles. The van der Waals surface area contributed by atoms with Crippen LogP contribution in [0.1, 0.15) is 25.7 Å². The zero-order chi connectivity index (χ0) is 14.4. The molecule has 20 heavy (non-hydrogen) atoms. The number of carbonyl (C=O) groups is 2. The second-order valence-corrected chi connectivity index (χ2v) is 5.67. The average Bonchev–Trinajstić information content (AvgIpc) is 2.68. The first kappa shape index (κ1) is 13.4. The monoisotopic (exact) mass is 297 g/mol. The molecular weight excluding hydrogens is 285 g/mol. The zero-order valence-electron chi connectivity index (χ0n) is 10.6. The van der Waals surface area contributed by atoms with E-state index in [4.69, 9.17) is 11.6 Å². The van der Waals surface area contributed by atoms with E-state index in [0.29, 0.717) is 12.8 Å². The zero-order valence-corrected chi connectivity index (χ0v) is 11.4. The summed E-state index contributed by atoms with van der Waals surface area (Å²) >= 11 is 5.61. The van der Waals surface area contributed by atoms with Gasteiger partial charge in [-0.05, 0) is 18.9 Å². The Balaban J connectivity index is 2.04. The van der Waals surface area contributed by atoms with Crippen LogP contribution in [0.2, 0.25) is 5.02 Å². The van der Waals surface area contributed by atoms with Crippen LogP contribution in [0.25, 0.3) is 0 Å². The van der Waals surface area contributed by atoms with E-state index in [-0.39, 0.29) is 40.1 Å². The Morgan fingerprint density at radius 1 is 1.15 bits per heavy atom. The Kier molecular flexibility index (Phi) is 3.17. The van der Waals surface area contributed by atoms with E-state index in [1.54, 1.807) is 0 Å². The number of hydrogen-bond acceptors (Lipinski definition) is 3. The van der Waals surface area contributed by atoms with Crippen molar-refractivity contribution in [3.8, 4) is 5.75 Å². The number of amides is 2. The molecule has 4 nitrogen and oxygen atoms in total. The lowest BCUT2D eigenvalue weighted by Gasteiger charge is -2.19. The summed E-state index contributed by atoms with van der Waals surface area (Å²) in [6.45, 7) is 0. The molecule has 0 aromatic heterocycles. The molecule has 0 radical (unpaired) electrons. The number of fused-ring (bicyclic) bond motifs is 1. The molecular formula is C14H13ClFNO3. The SMILES string of the molecule is O=C1C2CCCCC2C(=O)N1c1cc(O)c(Cl)cc1F. The number of carbonyl (C=O) groups excluding carboxylic acids is 2. The number of nitrogens with zero attached hydrogens (tertiary/aromatic N) is 1. The van der Waals surface area contributed by atoms with Gasteiger partial charge in [0.25, 0.3) is 0 Å². The quantitative estimate of drug-likeness (QED) is 0.811. The smallest absolute Gasteiger partial charge is 0.237 e. The van der Waals surface area contributed by atoms with Crippen molar-refractivity contribution in [1.29, 1.82) is 0 Å². The Bertz CT molecular complexity index is 580. The van der Waals surface area contributed by atoms with Crippen LogP contribution in [0.3, 0.4) is 0 Å². The fourth-order valence-corrected chi connectivity index (χ4v) is 3.25. The maximum absolute atomic E-state index is 14.0. The van der Waals surface area contributed by atoms with Crippen molar-refractivity contribution < 1.29 is 19.1 Å². The van der Waals surface area contributed by atoms with Crippen LogP contribution in [0, 0.1) is 17.7 Å². The number of halogens is 2. The molecule has 1 saturated heterocycles. The molecule has 2 fully saturated rings. The van der Waals surface area contributed by atoms with E-state index in [2.05, 4.69) is 0 Å². The van der Waals surface area contributed by atoms with Gasteiger partial charge in [0.2, 0.25) is 11.8 Å². The van der Waals surface area contributed by atoms with Gasteiger partial charge in [0.15, 0.2) is 0 Å². The lowest BCUT2D eigenvalue weighted by molar-refractivity contribution is -0.122. The summed E-state index contributed by atoms with van der Waals surface area (Å²) in [7, 11) is 0. The molecule has 2 atom stereocenters. The van der Waals surface area contributed by atoms with Crippen molar-refractivity contribution in [3.05, 3.63) is 23.0 Å². The van der Waals surface area contributed by atoms with Crippen LogP contribution >= 0.6 is 11.6 Å². The van der Waals surface area contributed by atoms with E-state index in [1.807, 2.05) is 0 Å².